The second-order valence-corrected chi connectivity index (χ2v) is 5.63. The van der Waals surface area contributed by atoms with Gasteiger partial charge in [0.25, 0.3) is 0 Å². The Labute approximate surface area is 133 Å². The molecule has 114 valence electrons. The van der Waals surface area contributed by atoms with Gasteiger partial charge in [-0.1, -0.05) is 41.9 Å². The number of carbonyl (C=O) groups excluding carboxylic acids is 1. The molecule has 0 saturated carbocycles. The van der Waals surface area contributed by atoms with Crippen molar-refractivity contribution in [3.63, 3.8) is 0 Å². The van der Waals surface area contributed by atoms with E-state index >= 15 is 0 Å². The lowest BCUT2D eigenvalue weighted by atomic mass is 10.1. The minimum Gasteiger partial charge on any atom is -0.445 e. The van der Waals surface area contributed by atoms with Crippen LogP contribution < -0.4 is 0 Å². The van der Waals surface area contributed by atoms with Gasteiger partial charge in [0.15, 0.2) is 0 Å². The second kappa shape index (κ2) is 6.75. The average molecular weight is 318 g/mol. The summed E-state index contributed by atoms with van der Waals surface area (Å²) in [6.07, 6.45) is 2.92. The van der Waals surface area contributed by atoms with Crippen LogP contribution in [-0.2, 0) is 11.3 Å². The van der Waals surface area contributed by atoms with Crippen LogP contribution in [0.5, 0.6) is 0 Å². The second-order valence-electron chi connectivity index (χ2n) is 5.19. The van der Waals surface area contributed by atoms with Crippen LogP contribution in [-0.4, -0.2) is 27.7 Å². The fraction of sp³-hybridized carbons (Fsp3) is 0.312. The molecule has 0 spiro atoms. The molecular weight excluding hydrogens is 302 g/mol. The normalized spacial score (nSPS) is 17.5. The van der Waals surface area contributed by atoms with Crippen LogP contribution in [0.25, 0.3) is 0 Å². The molecule has 1 amide bonds. The summed E-state index contributed by atoms with van der Waals surface area (Å²) in [5.41, 5.74) is 1.68. The van der Waals surface area contributed by atoms with Gasteiger partial charge in [-0.2, -0.15) is 10.2 Å². The lowest BCUT2D eigenvalue weighted by Crippen LogP contribution is -2.31. The van der Waals surface area contributed by atoms with E-state index < -0.39 is 0 Å². The van der Waals surface area contributed by atoms with Crippen LogP contribution >= 0.6 is 11.6 Å². The van der Waals surface area contributed by atoms with E-state index in [2.05, 4.69) is 10.2 Å². The van der Waals surface area contributed by atoms with Crippen molar-refractivity contribution in [3.05, 3.63) is 58.9 Å². The van der Waals surface area contributed by atoms with Crippen molar-refractivity contribution in [1.29, 1.82) is 0 Å². The van der Waals surface area contributed by atoms with E-state index in [1.807, 2.05) is 30.3 Å². The standard InChI is InChI=1S/C16H16ClN3O2/c17-13-9-14(19-18-10-13)15-7-4-8-20(15)16(21)22-11-12-5-2-1-3-6-12/h1-3,5-6,9-10,15H,4,7-8,11H2/t15-/m0/s1. The number of carbonyl (C=O) groups is 1. The van der Waals surface area contributed by atoms with Gasteiger partial charge in [-0.15, -0.1) is 0 Å². The Hall–Kier alpha value is -2.14. The number of likely N-dealkylation sites (tertiary alicyclic amines) is 1. The van der Waals surface area contributed by atoms with Crippen molar-refractivity contribution in [2.24, 2.45) is 0 Å². The molecular formula is C16H16ClN3O2. The summed E-state index contributed by atoms with van der Waals surface area (Å²) >= 11 is 5.95. The number of benzene rings is 1. The van der Waals surface area contributed by atoms with Crippen molar-refractivity contribution in [2.45, 2.75) is 25.5 Å². The summed E-state index contributed by atoms with van der Waals surface area (Å²) in [6, 6.07) is 11.3. The molecule has 0 N–H and O–H groups in total. The molecule has 1 saturated heterocycles. The highest BCUT2D eigenvalue weighted by molar-refractivity contribution is 6.30. The molecule has 1 atom stereocenters. The van der Waals surface area contributed by atoms with Gasteiger partial charge in [0.1, 0.15) is 6.61 Å². The molecule has 1 aliphatic rings. The summed E-state index contributed by atoms with van der Waals surface area (Å²) in [5, 5.41) is 8.47. The third kappa shape index (κ3) is 3.36. The molecule has 3 rings (SSSR count). The van der Waals surface area contributed by atoms with Crippen LogP contribution in [0.3, 0.4) is 0 Å². The van der Waals surface area contributed by atoms with Crippen LogP contribution in [0.2, 0.25) is 5.02 Å². The highest BCUT2D eigenvalue weighted by Crippen LogP contribution is 2.31. The van der Waals surface area contributed by atoms with Gasteiger partial charge in [0.2, 0.25) is 0 Å². The van der Waals surface area contributed by atoms with Crippen LogP contribution in [0, 0.1) is 0 Å². The number of amides is 1. The van der Waals surface area contributed by atoms with Crippen molar-refractivity contribution >= 4 is 17.7 Å². The van der Waals surface area contributed by atoms with Crippen molar-refractivity contribution in [1.82, 2.24) is 15.1 Å². The highest BCUT2D eigenvalue weighted by atomic mass is 35.5. The van der Waals surface area contributed by atoms with E-state index in [1.165, 1.54) is 6.20 Å². The topological polar surface area (TPSA) is 55.3 Å². The largest absolute Gasteiger partial charge is 0.445 e. The molecule has 2 aromatic rings. The minimum absolute atomic E-state index is 0.116. The third-order valence-corrected chi connectivity index (χ3v) is 3.88. The molecule has 22 heavy (non-hydrogen) atoms. The monoisotopic (exact) mass is 317 g/mol. The average Bonchev–Trinajstić information content (AvgIpc) is 3.03. The summed E-state index contributed by atoms with van der Waals surface area (Å²) in [7, 11) is 0. The number of hydrogen-bond donors (Lipinski definition) is 0. The summed E-state index contributed by atoms with van der Waals surface area (Å²) in [6.45, 7) is 0.927. The predicted octanol–water partition coefficient (Wildman–Crippen LogP) is 3.60. The first-order valence-electron chi connectivity index (χ1n) is 7.19. The minimum atomic E-state index is -0.326. The van der Waals surface area contributed by atoms with Gasteiger partial charge in [-0.3, -0.25) is 4.90 Å². The maximum Gasteiger partial charge on any atom is 0.410 e. The van der Waals surface area contributed by atoms with Gasteiger partial charge in [-0.25, -0.2) is 4.79 Å². The van der Waals surface area contributed by atoms with E-state index in [1.54, 1.807) is 11.0 Å². The molecule has 1 fully saturated rings. The van der Waals surface area contributed by atoms with Crippen molar-refractivity contribution in [2.75, 3.05) is 6.54 Å². The van der Waals surface area contributed by atoms with E-state index in [4.69, 9.17) is 16.3 Å². The van der Waals surface area contributed by atoms with E-state index in [0.717, 1.165) is 18.4 Å². The fourth-order valence-electron chi connectivity index (χ4n) is 2.62. The first kappa shape index (κ1) is 14.8. The SMILES string of the molecule is O=C(OCc1ccccc1)N1CCC[C@H]1c1cc(Cl)cnn1. The lowest BCUT2D eigenvalue weighted by molar-refractivity contribution is 0.0914. The maximum atomic E-state index is 12.3. The molecule has 0 unspecified atom stereocenters. The molecule has 6 heteroatoms. The van der Waals surface area contributed by atoms with Crippen LogP contribution in [0.1, 0.15) is 30.1 Å². The smallest absolute Gasteiger partial charge is 0.410 e. The van der Waals surface area contributed by atoms with E-state index in [9.17, 15) is 4.79 Å². The van der Waals surface area contributed by atoms with E-state index in [0.29, 0.717) is 17.3 Å². The molecule has 0 aliphatic carbocycles. The molecule has 1 aromatic heterocycles. The zero-order valence-electron chi connectivity index (χ0n) is 12.0. The van der Waals surface area contributed by atoms with E-state index in [-0.39, 0.29) is 18.7 Å². The number of aromatic nitrogens is 2. The Morgan fingerprint density at radius 2 is 2.18 bits per heavy atom. The quantitative estimate of drug-likeness (QED) is 0.868. The van der Waals surface area contributed by atoms with Gasteiger partial charge in [0.05, 0.1) is 23.0 Å². The van der Waals surface area contributed by atoms with Crippen LogP contribution in [0.15, 0.2) is 42.6 Å². The summed E-state index contributed by atoms with van der Waals surface area (Å²) in [4.78, 5) is 14.0. The van der Waals surface area contributed by atoms with Gasteiger partial charge < -0.3 is 4.74 Å². The summed E-state index contributed by atoms with van der Waals surface area (Å²) < 4.78 is 5.40. The molecule has 5 nitrogen and oxygen atoms in total. The van der Waals surface area contributed by atoms with Gasteiger partial charge >= 0.3 is 6.09 Å². The number of hydrogen-bond acceptors (Lipinski definition) is 4. The van der Waals surface area contributed by atoms with Gasteiger partial charge in [0, 0.05) is 6.54 Å². The molecule has 1 aliphatic heterocycles. The molecule has 2 heterocycles. The Morgan fingerprint density at radius 1 is 1.36 bits per heavy atom. The zero-order chi connectivity index (χ0) is 15.4. The Kier molecular flexibility index (Phi) is 4.53. The Balaban J connectivity index is 1.66. The number of ether oxygens (including phenoxy) is 1. The number of rotatable bonds is 3. The lowest BCUT2D eigenvalue weighted by Gasteiger charge is -2.23. The predicted molar refractivity (Wildman–Crippen MR) is 82.4 cm³/mol. The maximum absolute atomic E-state index is 12.3. The van der Waals surface area contributed by atoms with Gasteiger partial charge in [-0.05, 0) is 24.5 Å². The molecule has 1 aromatic carbocycles. The number of halogens is 1. The highest BCUT2D eigenvalue weighted by Gasteiger charge is 2.32. The molecule has 0 radical (unpaired) electrons. The third-order valence-electron chi connectivity index (χ3n) is 3.67. The first-order valence-corrected chi connectivity index (χ1v) is 7.57. The van der Waals surface area contributed by atoms with Crippen LogP contribution in [0.4, 0.5) is 4.79 Å². The fourth-order valence-corrected chi connectivity index (χ4v) is 2.77. The Morgan fingerprint density at radius 3 is 2.95 bits per heavy atom. The zero-order valence-corrected chi connectivity index (χ0v) is 12.7. The molecule has 0 bridgehead atoms. The Bertz CT molecular complexity index is 651. The van der Waals surface area contributed by atoms with Crippen molar-refractivity contribution < 1.29 is 9.53 Å². The first-order chi connectivity index (χ1) is 10.7. The number of nitrogens with zero attached hydrogens (tertiary/aromatic N) is 3. The van der Waals surface area contributed by atoms with Crippen molar-refractivity contribution in [3.8, 4) is 0 Å². The summed E-state index contributed by atoms with van der Waals surface area (Å²) in [5.74, 6) is 0.